The summed E-state index contributed by atoms with van der Waals surface area (Å²) in [5.41, 5.74) is -0.634. The van der Waals surface area contributed by atoms with Gasteiger partial charge in [-0.2, -0.15) is 9.65 Å². The van der Waals surface area contributed by atoms with Crippen LogP contribution in [0.25, 0.3) is 0 Å². The molecule has 15 heavy (non-hydrogen) atoms. The zero-order valence-corrected chi connectivity index (χ0v) is 7.74. The van der Waals surface area contributed by atoms with Gasteiger partial charge < -0.3 is 0 Å². The first kappa shape index (κ1) is 9.59. The van der Waals surface area contributed by atoms with Gasteiger partial charge >= 0.3 is 5.69 Å². The SMILES string of the molecule is N#CC1(c2ccc(F)c([N+](=O)[O-])c2)CC1. The van der Waals surface area contributed by atoms with Crippen LogP contribution in [-0.4, -0.2) is 4.92 Å². The summed E-state index contributed by atoms with van der Waals surface area (Å²) in [4.78, 5) is 9.72. The maximum atomic E-state index is 13.0. The molecule has 0 spiro atoms. The van der Waals surface area contributed by atoms with Crippen molar-refractivity contribution in [1.82, 2.24) is 0 Å². The number of nitrogens with zero attached hydrogens (tertiary/aromatic N) is 2. The summed E-state index contributed by atoms with van der Waals surface area (Å²) in [5, 5.41) is 19.4. The minimum atomic E-state index is -0.863. The Morgan fingerprint density at radius 2 is 2.20 bits per heavy atom. The Hall–Kier alpha value is -1.96. The molecule has 2 rings (SSSR count). The van der Waals surface area contributed by atoms with Crippen molar-refractivity contribution in [2.45, 2.75) is 18.3 Å². The van der Waals surface area contributed by atoms with Crippen LogP contribution in [0.1, 0.15) is 18.4 Å². The van der Waals surface area contributed by atoms with Gasteiger partial charge in [-0.1, -0.05) is 6.07 Å². The van der Waals surface area contributed by atoms with Gasteiger partial charge in [0.2, 0.25) is 5.82 Å². The molecule has 4 nitrogen and oxygen atoms in total. The fourth-order valence-electron chi connectivity index (χ4n) is 1.54. The summed E-state index contributed by atoms with van der Waals surface area (Å²) in [5.74, 6) is -0.863. The molecule has 0 saturated heterocycles. The molecule has 0 aromatic heterocycles. The van der Waals surface area contributed by atoms with E-state index in [2.05, 4.69) is 6.07 Å². The van der Waals surface area contributed by atoms with Crippen molar-refractivity contribution in [3.8, 4) is 6.07 Å². The second kappa shape index (κ2) is 3.02. The van der Waals surface area contributed by atoms with E-state index in [1.54, 1.807) is 0 Å². The molecule has 76 valence electrons. The van der Waals surface area contributed by atoms with E-state index in [1.165, 1.54) is 6.07 Å². The van der Waals surface area contributed by atoms with Crippen molar-refractivity contribution in [2.24, 2.45) is 0 Å². The number of nitriles is 1. The van der Waals surface area contributed by atoms with E-state index < -0.39 is 21.8 Å². The second-order valence-electron chi connectivity index (χ2n) is 3.62. The van der Waals surface area contributed by atoms with Crippen LogP contribution in [0.3, 0.4) is 0 Å². The highest BCUT2D eigenvalue weighted by Gasteiger charge is 2.45. The number of halogens is 1. The van der Waals surface area contributed by atoms with E-state index in [0.29, 0.717) is 18.4 Å². The molecular weight excluding hydrogens is 199 g/mol. The molecule has 1 fully saturated rings. The molecule has 0 amide bonds. The van der Waals surface area contributed by atoms with Crippen molar-refractivity contribution >= 4 is 5.69 Å². The fourth-order valence-corrected chi connectivity index (χ4v) is 1.54. The minimum Gasteiger partial charge on any atom is -0.258 e. The van der Waals surface area contributed by atoms with Gasteiger partial charge in [-0.15, -0.1) is 0 Å². The van der Waals surface area contributed by atoms with E-state index in [9.17, 15) is 14.5 Å². The third-order valence-corrected chi connectivity index (χ3v) is 2.66. The molecule has 0 bridgehead atoms. The number of hydrogen-bond donors (Lipinski definition) is 0. The summed E-state index contributed by atoms with van der Waals surface area (Å²) in [6, 6.07) is 5.76. The van der Waals surface area contributed by atoms with Crippen molar-refractivity contribution in [3.05, 3.63) is 39.7 Å². The van der Waals surface area contributed by atoms with Gasteiger partial charge in [0.25, 0.3) is 0 Å². The summed E-state index contributed by atoms with van der Waals surface area (Å²) in [7, 11) is 0. The Balaban J connectivity index is 2.49. The topological polar surface area (TPSA) is 66.9 Å². The smallest absolute Gasteiger partial charge is 0.258 e. The van der Waals surface area contributed by atoms with Crippen LogP contribution in [0, 0.1) is 27.3 Å². The lowest BCUT2D eigenvalue weighted by Gasteiger charge is -2.05. The number of nitro benzene ring substituents is 1. The Labute approximate surface area is 85.1 Å². The molecule has 0 N–H and O–H groups in total. The fraction of sp³-hybridized carbons (Fsp3) is 0.300. The van der Waals surface area contributed by atoms with E-state index >= 15 is 0 Å². The Bertz CT molecular complexity index is 475. The summed E-state index contributed by atoms with van der Waals surface area (Å²) in [6.45, 7) is 0. The monoisotopic (exact) mass is 206 g/mol. The van der Waals surface area contributed by atoms with Crippen molar-refractivity contribution in [2.75, 3.05) is 0 Å². The molecule has 5 heteroatoms. The lowest BCUT2D eigenvalue weighted by atomic mass is 9.97. The molecule has 1 saturated carbocycles. The average Bonchev–Trinajstić information content (AvgIpc) is 2.99. The van der Waals surface area contributed by atoms with Gasteiger partial charge in [-0.3, -0.25) is 10.1 Å². The quantitative estimate of drug-likeness (QED) is 0.550. The third-order valence-electron chi connectivity index (χ3n) is 2.66. The second-order valence-corrected chi connectivity index (χ2v) is 3.62. The van der Waals surface area contributed by atoms with Gasteiger partial charge in [0.05, 0.1) is 16.4 Å². The summed E-state index contributed by atoms with van der Waals surface area (Å²) >= 11 is 0. The van der Waals surface area contributed by atoms with Gasteiger partial charge in [-0.05, 0) is 24.5 Å². The number of nitro groups is 1. The van der Waals surface area contributed by atoms with Crippen LogP contribution < -0.4 is 0 Å². The first-order valence-corrected chi connectivity index (χ1v) is 4.45. The van der Waals surface area contributed by atoms with Crippen LogP contribution in [0.5, 0.6) is 0 Å². The largest absolute Gasteiger partial charge is 0.305 e. The molecule has 0 radical (unpaired) electrons. The first-order chi connectivity index (χ1) is 7.09. The van der Waals surface area contributed by atoms with Gasteiger partial charge in [0.1, 0.15) is 0 Å². The molecule has 1 aliphatic carbocycles. The minimum absolute atomic E-state index is 0.540. The van der Waals surface area contributed by atoms with Crippen LogP contribution in [0.2, 0.25) is 0 Å². The van der Waals surface area contributed by atoms with Gasteiger partial charge in [0, 0.05) is 6.07 Å². The molecule has 0 unspecified atom stereocenters. The lowest BCUT2D eigenvalue weighted by Crippen LogP contribution is -2.04. The molecular formula is C10H7FN2O2. The molecule has 1 aromatic carbocycles. The standard InChI is InChI=1S/C10H7FN2O2/c11-8-2-1-7(5-9(8)13(14)15)10(6-12)3-4-10/h1-2,5H,3-4H2. The maximum Gasteiger partial charge on any atom is 0.305 e. The van der Waals surface area contributed by atoms with Gasteiger partial charge in [0.15, 0.2) is 0 Å². The normalized spacial score (nSPS) is 16.8. The highest BCUT2D eigenvalue weighted by Crippen LogP contribution is 2.48. The molecule has 0 aliphatic heterocycles. The first-order valence-electron chi connectivity index (χ1n) is 4.45. The highest BCUT2D eigenvalue weighted by molar-refractivity contribution is 5.45. The van der Waals surface area contributed by atoms with Crippen molar-refractivity contribution in [1.29, 1.82) is 5.26 Å². The zero-order chi connectivity index (χ0) is 11.1. The van der Waals surface area contributed by atoms with Crippen molar-refractivity contribution in [3.63, 3.8) is 0 Å². The summed E-state index contributed by atoms with van der Waals surface area (Å²) in [6.07, 6.45) is 1.37. The third kappa shape index (κ3) is 1.44. The number of benzene rings is 1. The predicted molar refractivity (Wildman–Crippen MR) is 49.6 cm³/mol. The van der Waals surface area contributed by atoms with Gasteiger partial charge in [-0.25, -0.2) is 0 Å². The predicted octanol–water partition coefficient (Wildman–Crippen LogP) is 2.29. The summed E-state index contributed by atoms with van der Waals surface area (Å²) < 4.78 is 13.0. The lowest BCUT2D eigenvalue weighted by molar-refractivity contribution is -0.387. The van der Waals surface area contributed by atoms with Crippen molar-refractivity contribution < 1.29 is 9.31 Å². The highest BCUT2D eigenvalue weighted by atomic mass is 19.1. The molecule has 0 heterocycles. The molecule has 1 aromatic rings. The van der Waals surface area contributed by atoms with E-state index in [4.69, 9.17) is 5.26 Å². The van der Waals surface area contributed by atoms with Crippen LogP contribution in [0.4, 0.5) is 10.1 Å². The Morgan fingerprint density at radius 3 is 2.67 bits per heavy atom. The van der Waals surface area contributed by atoms with E-state index in [0.717, 1.165) is 12.1 Å². The van der Waals surface area contributed by atoms with Crippen LogP contribution in [0.15, 0.2) is 18.2 Å². The molecule has 0 atom stereocenters. The molecule has 1 aliphatic rings. The number of rotatable bonds is 2. The Kier molecular flexibility index (Phi) is 1.93. The average molecular weight is 206 g/mol. The number of hydrogen-bond acceptors (Lipinski definition) is 3. The maximum absolute atomic E-state index is 13.0. The van der Waals surface area contributed by atoms with E-state index in [1.807, 2.05) is 0 Å². The van der Waals surface area contributed by atoms with E-state index in [-0.39, 0.29) is 0 Å². The zero-order valence-electron chi connectivity index (χ0n) is 7.74. The Morgan fingerprint density at radius 1 is 1.53 bits per heavy atom. The van der Waals surface area contributed by atoms with Crippen LogP contribution in [-0.2, 0) is 5.41 Å². The van der Waals surface area contributed by atoms with Crippen LogP contribution >= 0.6 is 0 Å².